The van der Waals surface area contributed by atoms with Crippen molar-refractivity contribution >= 4 is 45.3 Å². The largest absolute Gasteiger partial charge is 0.508 e. The van der Waals surface area contributed by atoms with Gasteiger partial charge in [0.1, 0.15) is 34.2 Å². The van der Waals surface area contributed by atoms with Crippen LogP contribution in [0.5, 0.6) is 11.5 Å². The van der Waals surface area contributed by atoms with Gasteiger partial charge >= 0.3 is 0 Å². The van der Waals surface area contributed by atoms with E-state index in [1.54, 1.807) is 25.3 Å². The van der Waals surface area contributed by atoms with Crippen LogP contribution in [0.3, 0.4) is 0 Å². The third-order valence-corrected chi connectivity index (χ3v) is 6.62. The van der Waals surface area contributed by atoms with Crippen molar-refractivity contribution in [3.05, 3.63) is 107 Å². The molecule has 0 spiro atoms. The molecule has 0 fully saturated rings. The molecule has 6 aromatic rings. The number of hydrogen-bond acceptors (Lipinski definition) is 4. The van der Waals surface area contributed by atoms with Crippen molar-refractivity contribution in [3.8, 4) is 22.9 Å². The molecule has 8 heteroatoms. The highest BCUT2D eigenvalue weighted by molar-refractivity contribution is 6.35. The number of halogens is 2. The van der Waals surface area contributed by atoms with Gasteiger partial charge in [0, 0.05) is 12.1 Å². The monoisotopic (exact) mass is 530 g/mol. The summed E-state index contributed by atoms with van der Waals surface area (Å²) in [5, 5.41) is 10.9. The second-order valence-electron chi connectivity index (χ2n) is 8.43. The van der Waals surface area contributed by atoms with E-state index in [0.29, 0.717) is 10.0 Å². The molecule has 6 nitrogen and oxygen atoms in total. The van der Waals surface area contributed by atoms with Crippen LogP contribution in [0.2, 0.25) is 10.0 Å². The summed E-state index contributed by atoms with van der Waals surface area (Å²) in [6.07, 6.45) is 0. The second-order valence-corrected chi connectivity index (χ2v) is 9.24. The standard InChI is InChI=1S/C15H13ClN2O.C14H11ClN2O/c1-10-17-15-13(16)7-4-8-14(15)18(10)11-5-3-6-12(9-11)19-2;1-9-16-14-12(15)6-3-7-13(14)17(9)10-4-2-5-11(18)8-10/h3-9H,1-2H3;2-8,18H,1H3. The fraction of sp³-hybridized carbons (Fsp3) is 0.103. The van der Waals surface area contributed by atoms with Crippen molar-refractivity contribution in [3.63, 3.8) is 0 Å². The molecule has 0 saturated carbocycles. The lowest BCUT2D eigenvalue weighted by Crippen LogP contribution is -1.97. The number of nitrogens with zero attached hydrogens (tertiary/aromatic N) is 4. The normalized spacial score (nSPS) is 10.9. The fourth-order valence-electron chi connectivity index (χ4n) is 4.40. The van der Waals surface area contributed by atoms with Crippen LogP contribution >= 0.6 is 23.2 Å². The third-order valence-electron chi connectivity index (χ3n) is 6.01. The smallest absolute Gasteiger partial charge is 0.120 e. The highest BCUT2D eigenvalue weighted by atomic mass is 35.5. The minimum absolute atomic E-state index is 0.232. The van der Waals surface area contributed by atoms with Crippen LogP contribution < -0.4 is 4.74 Å². The van der Waals surface area contributed by atoms with Gasteiger partial charge in [0.2, 0.25) is 0 Å². The highest BCUT2D eigenvalue weighted by Gasteiger charge is 2.13. The van der Waals surface area contributed by atoms with E-state index in [9.17, 15) is 5.11 Å². The Labute approximate surface area is 224 Å². The Kier molecular flexibility index (Phi) is 6.78. The highest BCUT2D eigenvalue weighted by Crippen LogP contribution is 2.29. The minimum atomic E-state index is 0.232. The number of imidazole rings is 2. The molecule has 0 amide bonds. The van der Waals surface area contributed by atoms with Crippen LogP contribution in [0.4, 0.5) is 0 Å². The summed E-state index contributed by atoms with van der Waals surface area (Å²) in [6.45, 7) is 3.89. The summed E-state index contributed by atoms with van der Waals surface area (Å²) < 4.78 is 9.32. The van der Waals surface area contributed by atoms with Crippen molar-refractivity contribution < 1.29 is 9.84 Å². The van der Waals surface area contributed by atoms with Gasteiger partial charge in [-0.05, 0) is 62.4 Å². The summed E-state index contributed by atoms with van der Waals surface area (Å²) in [7, 11) is 1.66. The first kappa shape index (κ1) is 24.7. The minimum Gasteiger partial charge on any atom is -0.508 e. The quantitative estimate of drug-likeness (QED) is 0.254. The van der Waals surface area contributed by atoms with Gasteiger partial charge in [-0.25, -0.2) is 9.97 Å². The van der Waals surface area contributed by atoms with E-state index in [2.05, 4.69) is 14.5 Å². The van der Waals surface area contributed by atoms with E-state index in [1.807, 2.05) is 85.1 Å². The van der Waals surface area contributed by atoms with E-state index >= 15 is 0 Å². The van der Waals surface area contributed by atoms with E-state index in [1.165, 1.54) is 0 Å². The number of para-hydroxylation sites is 2. The zero-order chi connectivity index (χ0) is 26.1. The lowest BCUT2D eigenvalue weighted by molar-refractivity contribution is 0.414. The number of aryl methyl sites for hydroxylation is 2. The summed E-state index contributed by atoms with van der Waals surface area (Å²) in [5.41, 5.74) is 5.42. The lowest BCUT2D eigenvalue weighted by Gasteiger charge is -2.08. The van der Waals surface area contributed by atoms with Crippen molar-refractivity contribution in [2.24, 2.45) is 0 Å². The van der Waals surface area contributed by atoms with Crippen LogP contribution in [0.1, 0.15) is 11.6 Å². The Morgan fingerprint density at radius 1 is 0.676 bits per heavy atom. The van der Waals surface area contributed by atoms with E-state index in [0.717, 1.165) is 50.8 Å². The molecule has 0 bridgehead atoms. The summed E-state index contributed by atoms with van der Waals surface area (Å²) in [5.74, 6) is 2.79. The topological polar surface area (TPSA) is 65.1 Å². The van der Waals surface area contributed by atoms with E-state index in [-0.39, 0.29) is 5.75 Å². The Bertz CT molecular complexity index is 1740. The number of aromatic nitrogens is 4. The van der Waals surface area contributed by atoms with Gasteiger partial charge in [0.05, 0.1) is 39.6 Å². The summed E-state index contributed by atoms with van der Waals surface area (Å²) in [4.78, 5) is 9.00. The predicted octanol–water partition coefficient (Wildman–Crippen LogP) is 7.69. The Balaban J connectivity index is 0.000000152. The first-order chi connectivity index (χ1) is 17.9. The number of rotatable bonds is 3. The number of phenolic OH excluding ortho intramolecular Hbond substituents is 1. The maximum atomic E-state index is 9.57. The Morgan fingerprint density at radius 2 is 1.16 bits per heavy atom. The molecule has 2 heterocycles. The molecule has 2 aromatic heterocycles. The number of fused-ring (bicyclic) bond motifs is 2. The molecular weight excluding hydrogens is 507 g/mol. The summed E-state index contributed by atoms with van der Waals surface area (Å²) in [6, 6.07) is 26.4. The lowest BCUT2D eigenvalue weighted by atomic mass is 10.2. The molecule has 0 atom stereocenters. The van der Waals surface area contributed by atoms with Gasteiger partial charge in [0.15, 0.2) is 0 Å². The van der Waals surface area contributed by atoms with Crippen LogP contribution in [-0.2, 0) is 0 Å². The fourth-order valence-corrected chi connectivity index (χ4v) is 4.82. The van der Waals surface area contributed by atoms with Gasteiger partial charge in [-0.3, -0.25) is 9.13 Å². The molecular formula is C29H24Cl2N4O2. The predicted molar refractivity (Wildman–Crippen MR) is 150 cm³/mol. The molecule has 6 rings (SSSR count). The number of ether oxygens (including phenoxy) is 1. The molecule has 0 aliphatic heterocycles. The second kappa shape index (κ2) is 10.2. The van der Waals surface area contributed by atoms with Crippen molar-refractivity contribution in [1.82, 2.24) is 19.1 Å². The average molecular weight is 531 g/mol. The van der Waals surface area contributed by atoms with Crippen LogP contribution in [-0.4, -0.2) is 31.3 Å². The van der Waals surface area contributed by atoms with E-state index in [4.69, 9.17) is 27.9 Å². The van der Waals surface area contributed by atoms with Crippen LogP contribution in [0, 0.1) is 13.8 Å². The zero-order valence-corrected chi connectivity index (χ0v) is 22.0. The zero-order valence-electron chi connectivity index (χ0n) is 20.5. The molecule has 37 heavy (non-hydrogen) atoms. The van der Waals surface area contributed by atoms with Gasteiger partial charge in [-0.2, -0.15) is 0 Å². The molecule has 0 aliphatic carbocycles. The molecule has 1 N–H and O–H groups in total. The molecule has 186 valence electrons. The van der Waals surface area contributed by atoms with Crippen molar-refractivity contribution in [2.45, 2.75) is 13.8 Å². The van der Waals surface area contributed by atoms with Gasteiger partial charge in [-0.1, -0.05) is 47.5 Å². The summed E-state index contributed by atoms with van der Waals surface area (Å²) >= 11 is 12.3. The SMILES string of the molecule is COc1cccc(-n2c(C)nc3c(Cl)cccc32)c1.Cc1nc2c(Cl)cccc2n1-c1cccc(O)c1. The van der Waals surface area contributed by atoms with Crippen molar-refractivity contribution in [1.29, 1.82) is 0 Å². The van der Waals surface area contributed by atoms with Crippen LogP contribution in [0.15, 0.2) is 84.9 Å². The third kappa shape index (κ3) is 4.73. The molecule has 0 aliphatic rings. The molecule has 0 unspecified atom stereocenters. The van der Waals surface area contributed by atoms with Gasteiger partial charge < -0.3 is 9.84 Å². The maximum absolute atomic E-state index is 9.57. The number of aromatic hydroxyl groups is 1. The Hall–Kier alpha value is -4.00. The van der Waals surface area contributed by atoms with Gasteiger partial charge in [-0.15, -0.1) is 0 Å². The number of methoxy groups -OCH3 is 1. The average Bonchev–Trinajstić information content (AvgIpc) is 3.42. The first-order valence-corrected chi connectivity index (χ1v) is 12.3. The molecule has 0 radical (unpaired) electrons. The van der Waals surface area contributed by atoms with E-state index < -0.39 is 0 Å². The van der Waals surface area contributed by atoms with Crippen LogP contribution in [0.25, 0.3) is 33.4 Å². The number of benzene rings is 4. The maximum Gasteiger partial charge on any atom is 0.120 e. The van der Waals surface area contributed by atoms with Gasteiger partial charge in [0.25, 0.3) is 0 Å². The molecule has 0 saturated heterocycles. The van der Waals surface area contributed by atoms with Crippen molar-refractivity contribution in [2.75, 3.05) is 7.11 Å². The first-order valence-electron chi connectivity index (χ1n) is 11.6. The number of hydrogen-bond donors (Lipinski definition) is 1. The molecule has 4 aromatic carbocycles. The Morgan fingerprint density at radius 3 is 1.68 bits per heavy atom. The number of phenols is 1.